The van der Waals surface area contributed by atoms with E-state index in [1.165, 1.54) is 5.56 Å². The molecule has 5 nitrogen and oxygen atoms in total. The average molecular weight is 351 g/mol. The van der Waals surface area contributed by atoms with Crippen molar-refractivity contribution < 1.29 is 5.11 Å². The fourth-order valence-electron chi connectivity index (χ4n) is 1.76. The smallest absolute Gasteiger partial charge is 0.229 e. The van der Waals surface area contributed by atoms with Gasteiger partial charge in [0.05, 0.1) is 17.1 Å². The van der Waals surface area contributed by atoms with Crippen LogP contribution < -0.4 is 10.6 Å². The molecule has 0 aliphatic heterocycles. The van der Waals surface area contributed by atoms with E-state index in [2.05, 4.69) is 36.5 Å². The highest BCUT2D eigenvalue weighted by Crippen LogP contribution is 2.23. The maximum Gasteiger partial charge on any atom is 0.229 e. The van der Waals surface area contributed by atoms with Crippen LogP contribution in [0.5, 0.6) is 0 Å². The van der Waals surface area contributed by atoms with Gasteiger partial charge in [-0.25, -0.2) is 4.98 Å². The number of nitrogens with zero attached hydrogens (tertiary/aromatic N) is 2. The number of anilines is 3. The molecule has 1 aromatic heterocycles. The standard InChI is InChI=1S/C15H19BrN4O/c1-3-11(9-21)18-14-13(16)8-17-15(20-14)19-12-6-4-10(2)5-7-12/h4-8,11,21H,3,9H2,1-2H3,(H2,17,18,19,20). The highest BCUT2D eigenvalue weighted by Gasteiger charge is 2.10. The van der Waals surface area contributed by atoms with Crippen molar-refractivity contribution in [2.45, 2.75) is 26.3 Å². The van der Waals surface area contributed by atoms with Gasteiger partial charge in [0.2, 0.25) is 5.95 Å². The van der Waals surface area contributed by atoms with E-state index in [9.17, 15) is 5.11 Å². The summed E-state index contributed by atoms with van der Waals surface area (Å²) in [5, 5.41) is 15.6. The van der Waals surface area contributed by atoms with E-state index >= 15 is 0 Å². The second-order valence-electron chi connectivity index (χ2n) is 4.81. The Labute approximate surface area is 133 Å². The van der Waals surface area contributed by atoms with Crippen LogP contribution in [0.15, 0.2) is 34.9 Å². The molecule has 6 heteroatoms. The number of aliphatic hydroxyl groups excluding tert-OH is 1. The molecule has 1 unspecified atom stereocenters. The molecule has 112 valence electrons. The summed E-state index contributed by atoms with van der Waals surface area (Å²) in [7, 11) is 0. The number of aryl methyl sites for hydroxylation is 1. The first-order valence-corrected chi connectivity index (χ1v) is 7.65. The summed E-state index contributed by atoms with van der Waals surface area (Å²) in [6.45, 7) is 4.11. The molecule has 2 aromatic rings. The summed E-state index contributed by atoms with van der Waals surface area (Å²) in [5.41, 5.74) is 2.14. The van der Waals surface area contributed by atoms with Crippen molar-refractivity contribution in [3.63, 3.8) is 0 Å². The Hall–Kier alpha value is -1.66. The lowest BCUT2D eigenvalue weighted by Crippen LogP contribution is -2.23. The fourth-order valence-corrected chi connectivity index (χ4v) is 2.07. The monoisotopic (exact) mass is 350 g/mol. The third-order valence-electron chi connectivity index (χ3n) is 3.11. The Bertz CT molecular complexity index is 585. The topological polar surface area (TPSA) is 70.1 Å². The maximum atomic E-state index is 9.27. The first kappa shape index (κ1) is 15.7. The number of halogens is 1. The quantitative estimate of drug-likeness (QED) is 0.743. The van der Waals surface area contributed by atoms with Gasteiger partial charge in [-0.05, 0) is 41.4 Å². The fraction of sp³-hybridized carbons (Fsp3) is 0.333. The number of aromatic nitrogens is 2. The van der Waals surface area contributed by atoms with E-state index in [-0.39, 0.29) is 12.6 Å². The van der Waals surface area contributed by atoms with Crippen molar-refractivity contribution >= 4 is 33.4 Å². The van der Waals surface area contributed by atoms with Gasteiger partial charge < -0.3 is 15.7 Å². The normalized spacial score (nSPS) is 12.0. The number of aliphatic hydroxyl groups is 1. The van der Waals surface area contributed by atoms with E-state index in [0.717, 1.165) is 16.6 Å². The lowest BCUT2D eigenvalue weighted by molar-refractivity contribution is 0.271. The zero-order valence-corrected chi connectivity index (χ0v) is 13.7. The van der Waals surface area contributed by atoms with Gasteiger partial charge in [-0.3, -0.25) is 0 Å². The van der Waals surface area contributed by atoms with Crippen molar-refractivity contribution in [1.29, 1.82) is 0 Å². The van der Waals surface area contributed by atoms with Crippen molar-refractivity contribution in [2.24, 2.45) is 0 Å². The molecule has 0 fully saturated rings. The molecule has 0 aliphatic carbocycles. The second kappa shape index (κ2) is 7.38. The number of rotatable bonds is 6. The lowest BCUT2D eigenvalue weighted by atomic mass is 10.2. The van der Waals surface area contributed by atoms with Crippen molar-refractivity contribution in [3.05, 3.63) is 40.5 Å². The molecule has 1 aromatic carbocycles. The Kier molecular flexibility index (Phi) is 5.52. The molecule has 0 radical (unpaired) electrons. The zero-order valence-electron chi connectivity index (χ0n) is 12.1. The van der Waals surface area contributed by atoms with Crippen molar-refractivity contribution in [2.75, 3.05) is 17.2 Å². The summed E-state index contributed by atoms with van der Waals surface area (Å²) in [5.74, 6) is 1.18. The first-order chi connectivity index (χ1) is 10.1. The van der Waals surface area contributed by atoms with Gasteiger partial charge in [0.25, 0.3) is 0 Å². The van der Waals surface area contributed by atoms with Gasteiger partial charge in [-0.1, -0.05) is 24.6 Å². The van der Waals surface area contributed by atoms with Crippen LogP contribution in [-0.2, 0) is 0 Å². The molecule has 0 spiro atoms. The van der Waals surface area contributed by atoms with Crippen LogP contribution in [0.3, 0.4) is 0 Å². The minimum atomic E-state index is -0.0246. The molecule has 3 N–H and O–H groups in total. The highest BCUT2D eigenvalue weighted by molar-refractivity contribution is 9.10. The highest BCUT2D eigenvalue weighted by atomic mass is 79.9. The Morgan fingerprint density at radius 2 is 2.00 bits per heavy atom. The van der Waals surface area contributed by atoms with Crippen molar-refractivity contribution in [1.82, 2.24) is 9.97 Å². The van der Waals surface area contributed by atoms with Gasteiger partial charge in [0, 0.05) is 11.9 Å². The third-order valence-corrected chi connectivity index (χ3v) is 3.69. The van der Waals surface area contributed by atoms with Crippen LogP contribution in [-0.4, -0.2) is 27.7 Å². The van der Waals surface area contributed by atoms with Crippen LogP contribution in [0.2, 0.25) is 0 Å². The summed E-state index contributed by atoms with van der Waals surface area (Å²) in [4.78, 5) is 8.68. The van der Waals surface area contributed by atoms with Gasteiger partial charge in [-0.15, -0.1) is 0 Å². The van der Waals surface area contributed by atoms with Crippen LogP contribution in [0.25, 0.3) is 0 Å². The Morgan fingerprint density at radius 1 is 1.29 bits per heavy atom. The molecule has 1 atom stereocenters. The average Bonchev–Trinajstić information content (AvgIpc) is 2.50. The van der Waals surface area contributed by atoms with Crippen LogP contribution in [0.4, 0.5) is 17.5 Å². The Balaban J connectivity index is 2.15. The Morgan fingerprint density at radius 3 is 2.62 bits per heavy atom. The zero-order chi connectivity index (χ0) is 15.2. The molecule has 0 saturated carbocycles. The summed E-state index contributed by atoms with van der Waals surface area (Å²) in [6.07, 6.45) is 2.50. The predicted molar refractivity (Wildman–Crippen MR) is 89.0 cm³/mol. The molecule has 0 bridgehead atoms. The number of benzene rings is 1. The second-order valence-corrected chi connectivity index (χ2v) is 5.67. The lowest BCUT2D eigenvalue weighted by Gasteiger charge is -2.16. The van der Waals surface area contributed by atoms with Gasteiger partial charge in [-0.2, -0.15) is 4.98 Å². The predicted octanol–water partition coefficient (Wildman–Crippen LogP) is 3.47. The molecule has 0 saturated heterocycles. The van der Waals surface area contributed by atoms with Crippen LogP contribution in [0.1, 0.15) is 18.9 Å². The third kappa shape index (κ3) is 4.41. The SMILES string of the molecule is CCC(CO)Nc1nc(Nc2ccc(C)cc2)ncc1Br. The molecule has 21 heavy (non-hydrogen) atoms. The number of nitrogens with one attached hydrogen (secondary N) is 2. The number of hydrogen-bond donors (Lipinski definition) is 3. The molecular weight excluding hydrogens is 332 g/mol. The molecule has 0 amide bonds. The van der Waals surface area contributed by atoms with E-state index < -0.39 is 0 Å². The van der Waals surface area contributed by atoms with Crippen LogP contribution >= 0.6 is 15.9 Å². The van der Waals surface area contributed by atoms with E-state index in [1.807, 2.05) is 38.1 Å². The van der Waals surface area contributed by atoms with Gasteiger partial charge in [0.1, 0.15) is 5.82 Å². The summed E-state index contributed by atoms with van der Waals surface area (Å²) in [6, 6.07) is 7.99. The van der Waals surface area contributed by atoms with Gasteiger partial charge in [0.15, 0.2) is 0 Å². The van der Waals surface area contributed by atoms with E-state index in [0.29, 0.717) is 11.8 Å². The first-order valence-electron chi connectivity index (χ1n) is 6.86. The number of hydrogen-bond acceptors (Lipinski definition) is 5. The summed E-state index contributed by atoms with van der Waals surface area (Å²) >= 11 is 3.42. The molecular formula is C15H19BrN4O. The molecule has 1 heterocycles. The minimum absolute atomic E-state index is 0.0246. The van der Waals surface area contributed by atoms with E-state index in [4.69, 9.17) is 0 Å². The van der Waals surface area contributed by atoms with Gasteiger partial charge >= 0.3 is 0 Å². The minimum Gasteiger partial charge on any atom is -0.394 e. The van der Waals surface area contributed by atoms with E-state index in [1.54, 1.807) is 6.20 Å². The van der Waals surface area contributed by atoms with Crippen LogP contribution in [0, 0.1) is 6.92 Å². The molecule has 0 aliphatic rings. The molecule has 2 rings (SSSR count). The maximum absolute atomic E-state index is 9.27. The van der Waals surface area contributed by atoms with Crippen molar-refractivity contribution in [3.8, 4) is 0 Å². The summed E-state index contributed by atoms with van der Waals surface area (Å²) < 4.78 is 0.767. The largest absolute Gasteiger partial charge is 0.394 e.